The van der Waals surface area contributed by atoms with E-state index in [1.807, 2.05) is 24.3 Å². The minimum absolute atomic E-state index is 0.0851. The third kappa shape index (κ3) is 6.61. The summed E-state index contributed by atoms with van der Waals surface area (Å²) in [5, 5.41) is 6.61. The number of rotatable bonds is 6. The smallest absolute Gasteiger partial charge is 0.247 e. The van der Waals surface area contributed by atoms with Crippen LogP contribution >= 0.6 is 23.2 Å². The van der Waals surface area contributed by atoms with Gasteiger partial charge in [0.1, 0.15) is 0 Å². The van der Waals surface area contributed by atoms with Crippen LogP contribution in [0.25, 0.3) is 6.08 Å². The molecule has 0 unspecified atom stereocenters. The van der Waals surface area contributed by atoms with Crippen LogP contribution in [-0.2, 0) is 16.1 Å². The van der Waals surface area contributed by atoms with Gasteiger partial charge in [0.05, 0.1) is 6.54 Å². The Morgan fingerprint density at radius 3 is 2.08 bits per heavy atom. The monoisotopic (exact) mass is 376 g/mol. The van der Waals surface area contributed by atoms with Gasteiger partial charge in [-0.25, -0.2) is 0 Å². The van der Waals surface area contributed by atoms with Gasteiger partial charge in [-0.3, -0.25) is 9.59 Å². The van der Waals surface area contributed by atoms with Crippen molar-refractivity contribution in [2.45, 2.75) is 13.5 Å². The van der Waals surface area contributed by atoms with Crippen molar-refractivity contribution in [3.05, 3.63) is 75.3 Å². The average Bonchev–Trinajstić information content (AvgIpc) is 2.61. The summed E-state index contributed by atoms with van der Waals surface area (Å²) in [5.74, 6) is -0.556. The first-order valence-corrected chi connectivity index (χ1v) is 8.43. The zero-order valence-corrected chi connectivity index (χ0v) is 15.2. The van der Waals surface area contributed by atoms with Crippen LogP contribution in [0.15, 0.2) is 54.1 Å². The highest BCUT2D eigenvalue weighted by Crippen LogP contribution is 2.12. The van der Waals surface area contributed by atoms with E-state index in [-0.39, 0.29) is 18.4 Å². The predicted molar refractivity (Wildman–Crippen MR) is 101 cm³/mol. The Morgan fingerprint density at radius 1 is 0.920 bits per heavy atom. The lowest BCUT2D eigenvalue weighted by molar-refractivity contribution is -0.124. The summed E-state index contributed by atoms with van der Waals surface area (Å²) in [6.07, 6.45) is 1.73. The van der Waals surface area contributed by atoms with Crippen molar-refractivity contribution in [3.63, 3.8) is 0 Å². The summed E-state index contributed by atoms with van der Waals surface area (Å²) >= 11 is 11.6. The molecule has 130 valence electrons. The average molecular weight is 377 g/mol. The first-order chi connectivity index (χ1) is 11.9. The third-order valence-electron chi connectivity index (χ3n) is 3.42. The number of carbonyl (C=O) groups is 2. The van der Waals surface area contributed by atoms with E-state index in [0.29, 0.717) is 22.2 Å². The largest absolute Gasteiger partial charge is 0.350 e. The normalized spacial score (nSPS) is 11.1. The van der Waals surface area contributed by atoms with Crippen molar-refractivity contribution >= 4 is 41.1 Å². The molecule has 0 aliphatic carbocycles. The summed E-state index contributed by atoms with van der Waals surface area (Å²) in [4.78, 5) is 23.9. The van der Waals surface area contributed by atoms with Gasteiger partial charge in [0.25, 0.3) is 0 Å². The SMILES string of the molecule is C/C(=C\c1ccc(Cl)cc1)C(=O)NCC(=O)NCc1ccc(Cl)cc1. The Bertz CT molecular complexity index is 769. The van der Waals surface area contributed by atoms with Crippen LogP contribution < -0.4 is 10.6 Å². The van der Waals surface area contributed by atoms with Gasteiger partial charge in [0.15, 0.2) is 0 Å². The minimum Gasteiger partial charge on any atom is -0.350 e. The Morgan fingerprint density at radius 2 is 1.48 bits per heavy atom. The molecule has 0 bridgehead atoms. The van der Waals surface area contributed by atoms with E-state index in [0.717, 1.165) is 11.1 Å². The lowest BCUT2D eigenvalue weighted by Gasteiger charge is -2.07. The molecule has 2 aromatic carbocycles. The molecule has 0 heterocycles. The van der Waals surface area contributed by atoms with Crippen molar-refractivity contribution < 1.29 is 9.59 Å². The van der Waals surface area contributed by atoms with E-state index in [9.17, 15) is 9.59 Å². The molecular weight excluding hydrogens is 359 g/mol. The first-order valence-electron chi connectivity index (χ1n) is 7.67. The van der Waals surface area contributed by atoms with Crippen molar-refractivity contribution in [1.29, 1.82) is 0 Å². The Balaban J connectivity index is 1.79. The molecule has 0 aliphatic rings. The van der Waals surface area contributed by atoms with Crippen molar-refractivity contribution in [2.75, 3.05) is 6.54 Å². The molecule has 0 aliphatic heterocycles. The van der Waals surface area contributed by atoms with Crippen LogP contribution in [0.3, 0.4) is 0 Å². The molecule has 6 heteroatoms. The number of halogens is 2. The molecule has 2 rings (SSSR count). The molecule has 2 amide bonds. The van der Waals surface area contributed by atoms with Crippen LogP contribution in [-0.4, -0.2) is 18.4 Å². The van der Waals surface area contributed by atoms with Gasteiger partial charge in [0, 0.05) is 22.2 Å². The van der Waals surface area contributed by atoms with E-state index in [2.05, 4.69) is 10.6 Å². The number of amides is 2. The van der Waals surface area contributed by atoms with E-state index in [4.69, 9.17) is 23.2 Å². The molecular formula is C19H18Cl2N2O2. The molecule has 0 saturated carbocycles. The summed E-state index contributed by atoms with van der Waals surface area (Å²) in [5.41, 5.74) is 2.31. The van der Waals surface area contributed by atoms with Crippen LogP contribution in [0.5, 0.6) is 0 Å². The van der Waals surface area contributed by atoms with E-state index in [1.54, 1.807) is 37.3 Å². The topological polar surface area (TPSA) is 58.2 Å². The zero-order chi connectivity index (χ0) is 18.2. The summed E-state index contributed by atoms with van der Waals surface area (Å²) in [6, 6.07) is 14.3. The highest BCUT2D eigenvalue weighted by Gasteiger charge is 2.07. The maximum atomic E-state index is 12.0. The Hall–Kier alpha value is -2.30. The number of hydrogen-bond acceptors (Lipinski definition) is 2. The first kappa shape index (κ1) is 19.0. The van der Waals surface area contributed by atoms with Crippen molar-refractivity contribution in [1.82, 2.24) is 10.6 Å². The van der Waals surface area contributed by atoms with Gasteiger partial charge in [-0.2, -0.15) is 0 Å². The lowest BCUT2D eigenvalue weighted by atomic mass is 10.1. The van der Waals surface area contributed by atoms with E-state index < -0.39 is 0 Å². The fourth-order valence-electron chi connectivity index (χ4n) is 2.04. The molecule has 0 atom stereocenters. The summed E-state index contributed by atoms with van der Waals surface area (Å²) in [7, 11) is 0. The minimum atomic E-state index is -0.295. The molecule has 2 N–H and O–H groups in total. The van der Waals surface area contributed by atoms with Crippen LogP contribution in [0.1, 0.15) is 18.1 Å². The van der Waals surface area contributed by atoms with Gasteiger partial charge in [-0.1, -0.05) is 47.5 Å². The maximum Gasteiger partial charge on any atom is 0.247 e. The third-order valence-corrected chi connectivity index (χ3v) is 3.93. The molecule has 0 fully saturated rings. The summed E-state index contributed by atoms with van der Waals surface area (Å²) in [6.45, 7) is 1.99. The molecule has 4 nitrogen and oxygen atoms in total. The fraction of sp³-hybridized carbons (Fsp3) is 0.158. The second-order valence-electron chi connectivity index (χ2n) is 5.46. The molecule has 25 heavy (non-hydrogen) atoms. The van der Waals surface area contributed by atoms with E-state index in [1.165, 1.54) is 0 Å². The second-order valence-corrected chi connectivity index (χ2v) is 6.34. The van der Waals surface area contributed by atoms with Crippen LogP contribution in [0.4, 0.5) is 0 Å². The number of hydrogen-bond donors (Lipinski definition) is 2. The van der Waals surface area contributed by atoms with E-state index >= 15 is 0 Å². The number of nitrogens with one attached hydrogen (secondary N) is 2. The number of carbonyl (C=O) groups excluding carboxylic acids is 2. The maximum absolute atomic E-state index is 12.0. The van der Waals surface area contributed by atoms with Crippen molar-refractivity contribution in [2.24, 2.45) is 0 Å². The Kier molecular flexibility index (Phi) is 7.04. The molecule has 2 aromatic rings. The molecule has 0 saturated heterocycles. The van der Waals surface area contributed by atoms with Gasteiger partial charge < -0.3 is 10.6 Å². The highest BCUT2D eigenvalue weighted by atomic mass is 35.5. The quantitative estimate of drug-likeness (QED) is 0.752. The predicted octanol–water partition coefficient (Wildman–Crippen LogP) is 3.83. The van der Waals surface area contributed by atoms with Crippen molar-refractivity contribution in [3.8, 4) is 0 Å². The van der Waals surface area contributed by atoms with Gasteiger partial charge in [-0.05, 0) is 48.4 Å². The van der Waals surface area contributed by atoms with Crippen LogP contribution in [0, 0.1) is 0 Å². The molecule has 0 radical (unpaired) electrons. The number of benzene rings is 2. The fourth-order valence-corrected chi connectivity index (χ4v) is 2.29. The van der Waals surface area contributed by atoms with Gasteiger partial charge in [0.2, 0.25) is 11.8 Å². The Labute approximate surface area is 156 Å². The standard InChI is InChI=1S/C19H18Cl2N2O2/c1-13(10-14-2-6-16(20)7-3-14)19(25)23-12-18(24)22-11-15-4-8-17(21)9-5-15/h2-10H,11-12H2,1H3,(H,22,24)(H,23,25)/b13-10+. The highest BCUT2D eigenvalue weighted by molar-refractivity contribution is 6.30. The molecule has 0 aromatic heterocycles. The molecule has 0 spiro atoms. The van der Waals surface area contributed by atoms with Gasteiger partial charge >= 0.3 is 0 Å². The van der Waals surface area contributed by atoms with Gasteiger partial charge in [-0.15, -0.1) is 0 Å². The zero-order valence-electron chi connectivity index (χ0n) is 13.7. The second kappa shape index (κ2) is 9.25. The summed E-state index contributed by atoms with van der Waals surface area (Å²) < 4.78 is 0. The lowest BCUT2D eigenvalue weighted by Crippen LogP contribution is -2.36. The van der Waals surface area contributed by atoms with Crippen LogP contribution in [0.2, 0.25) is 10.0 Å².